The summed E-state index contributed by atoms with van der Waals surface area (Å²) in [6, 6.07) is 47.0. The molecule has 3 fully saturated rings. The lowest BCUT2D eigenvalue weighted by molar-refractivity contribution is -0.117. The van der Waals surface area contributed by atoms with Gasteiger partial charge in [-0.25, -0.2) is 30.0 Å². The zero-order valence-electron chi connectivity index (χ0n) is 76.3. The average molecular weight is 2110 g/mol. The normalized spacial score (nSPS) is 16.1. The molecule has 0 radical (unpaired) electrons. The Hall–Kier alpha value is -7.30. The van der Waals surface area contributed by atoms with Gasteiger partial charge in [0, 0.05) is 61.6 Å². The van der Waals surface area contributed by atoms with Crippen LogP contribution in [0.3, 0.4) is 0 Å². The van der Waals surface area contributed by atoms with Gasteiger partial charge in [0.2, 0.25) is 0 Å². The summed E-state index contributed by atoms with van der Waals surface area (Å²) in [5.41, 5.74) is 15.3. The van der Waals surface area contributed by atoms with E-state index in [1.54, 1.807) is 48.5 Å². The number of aliphatic imine (C=N–C) groups is 3. The van der Waals surface area contributed by atoms with E-state index in [9.17, 15) is 28.8 Å². The number of hydrazine groups is 3. The van der Waals surface area contributed by atoms with Crippen molar-refractivity contribution in [2.75, 3.05) is 41.3 Å². The van der Waals surface area contributed by atoms with E-state index in [-0.39, 0.29) is 88.1 Å². The molecule has 0 bridgehead atoms. The summed E-state index contributed by atoms with van der Waals surface area (Å²) in [6.45, 7) is 25.2. The van der Waals surface area contributed by atoms with Crippen LogP contribution in [0.4, 0.5) is 34.1 Å². The SMILES string of the molecule is CCCCC(CC)CNC(=O)c1ccccc1SC1C(=O)N(c2c(Cl)cc(Cl)cc2Cl)NC1=Nc1cc(C)ccc1Cl.CCCCCCCCCCCCOCCCNC(=O)c1ccccc1SC1C(=O)N(c2c(Cl)cc(Cl)cc2Cl)NC1=Nc1cc(C)ccc1Cl.Cc1ccc(Cl)c(N=C2NN(c3c(Cl)cc(Cl)cc3Cl)C(=O)C2Sc2ccccc2C(=O)NC(C)(C)CC(C)(C)C)c1. The maximum Gasteiger partial charge on any atom is 0.267 e. The first-order chi connectivity index (χ1) is 63.9. The van der Waals surface area contributed by atoms with Gasteiger partial charge in [-0.15, -0.1) is 35.3 Å². The van der Waals surface area contributed by atoms with Gasteiger partial charge in [0.05, 0.1) is 79.0 Å². The predicted octanol–water partition coefficient (Wildman–Crippen LogP) is 30.0. The number of ether oxygens (including phenoxy) is 1. The summed E-state index contributed by atoms with van der Waals surface area (Å²) in [4.78, 5) is 98.4. The molecule has 19 nitrogen and oxygen atoms in total. The van der Waals surface area contributed by atoms with Crippen LogP contribution in [-0.4, -0.2) is 101 Å². The molecule has 4 atom stereocenters. The van der Waals surface area contributed by atoms with E-state index in [1.807, 2.05) is 113 Å². The lowest BCUT2D eigenvalue weighted by Gasteiger charge is -2.33. The van der Waals surface area contributed by atoms with E-state index in [2.05, 4.69) is 73.8 Å². The Labute approximate surface area is 859 Å². The minimum atomic E-state index is -0.874. The molecule has 0 saturated carbocycles. The second kappa shape index (κ2) is 52.1. The molecule has 9 aromatic rings. The highest BCUT2D eigenvalue weighted by atomic mass is 35.5. The zero-order valence-corrected chi connectivity index (χ0v) is 87.9. The topological polar surface area (TPSA) is 231 Å². The largest absolute Gasteiger partial charge is 0.381 e. The standard InChI is InChI=1S/C38H46Cl4N4O3S.2C31H32Cl4N4O2S/c1-3-4-5-6-7-8-9-10-11-14-21-49-22-15-20-43-37(47)28-16-12-13-17-33(28)50-35-36(44-32-23-26(2)18-19-29(32)40)45-46(38(35)48)34-30(41)24-27(39)25-31(34)42;1-17-11-12-20(33)23(13-17)36-27-26(29(41)39(38-27)25-21(34)14-18(32)15-22(25)35)42-24-10-8-7-9-19(24)28(40)37-31(5,6)16-30(2,3)4;1-4-6-9-19(5-2)17-36-30(40)21-10-7-8-11-26(21)42-28-29(37-25-14-18(3)12-13-22(25)33)38-39(31(28)41)27-23(34)15-20(32)16-24(27)35/h12-13,16-19,23-25,35H,3-11,14-15,20-22H2,1-2H3,(H,43,47)(H,44,45);7-15,26H,16H2,1-6H3,(H,36,38)(H,37,40);7-8,10-16,19,28H,4-6,9,17H2,1-3H3,(H,36,40)(H,37,38). The van der Waals surface area contributed by atoms with Gasteiger partial charge in [-0.1, -0.05) is 312 Å². The van der Waals surface area contributed by atoms with Crippen molar-refractivity contribution in [3.8, 4) is 0 Å². The van der Waals surface area contributed by atoms with E-state index < -0.39 is 21.3 Å². The first-order valence-corrected chi connectivity index (χ1v) is 51.6. The number of amidine groups is 3. The Kier molecular flexibility index (Phi) is 42.3. The van der Waals surface area contributed by atoms with E-state index in [1.165, 1.54) is 144 Å². The number of unbranched alkanes of at least 4 members (excludes halogenated alkanes) is 10. The van der Waals surface area contributed by atoms with Gasteiger partial charge in [-0.3, -0.25) is 45.0 Å². The summed E-state index contributed by atoms with van der Waals surface area (Å²) in [5, 5.41) is 13.9. The number of aryl methyl sites for hydroxylation is 3. The van der Waals surface area contributed by atoms with Crippen molar-refractivity contribution in [3.63, 3.8) is 0 Å². The van der Waals surface area contributed by atoms with Gasteiger partial charge < -0.3 is 20.7 Å². The van der Waals surface area contributed by atoms with Gasteiger partial charge in [0.25, 0.3) is 35.4 Å². The van der Waals surface area contributed by atoms with Crippen LogP contribution in [0.5, 0.6) is 0 Å². The second-order valence-corrected chi connectivity index (χ2v) is 42.9. The summed E-state index contributed by atoms with van der Waals surface area (Å²) >= 11 is 80.4. The van der Waals surface area contributed by atoms with Crippen molar-refractivity contribution < 1.29 is 33.5 Å². The zero-order chi connectivity index (χ0) is 97.3. The summed E-state index contributed by atoms with van der Waals surface area (Å²) in [5.74, 6) is -0.423. The van der Waals surface area contributed by atoms with Gasteiger partial charge in [-0.05, 0) is 198 Å². The molecule has 9 aromatic carbocycles. The molecule has 3 heterocycles. The minimum Gasteiger partial charge on any atom is -0.381 e. The number of carbonyl (C=O) groups is 6. The second-order valence-electron chi connectivity index (χ2n) is 34.5. The van der Waals surface area contributed by atoms with Crippen molar-refractivity contribution >= 4 is 262 Å². The Bertz CT molecular complexity index is 5720. The molecule has 134 heavy (non-hydrogen) atoms. The number of thioether (sulfide) groups is 3. The minimum absolute atomic E-state index is 0.0170. The third-order valence-electron chi connectivity index (χ3n) is 21.4. The number of anilines is 3. The number of rotatable bonds is 38. The van der Waals surface area contributed by atoms with Crippen molar-refractivity contribution in [1.29, 1.82) is 0 Å². The Morgan fingerprint density at radius 2 is 0.724 bits per heavy atom. The molecular weight excluding hydrogens is 2000 g/mol. The third-order valence-corrected chi connectivity index (χ3v) is 28.6. The van der Waals surface area contributed by atoms with Gasteiger partial charge in [0.15, 0.2) is 0 Å². The lowest BCUT2D eigenvalue weighted by Crippen LogP contribution is -2.46. The fraction of sp³-hybridized carbons (Fsp3) is 0.370. The molecule has 3 aliphatic rings. The summed E-state index contributed by atoms with van der Waals surface area (Å²) in [7, 11) is 0. The lowest BCUT2D eigenvalue weighted by atomic mass is 9.81. The maximum atomic E-state index is 14.0. The fourth-order valence-corrected chi connectivity index (χ4v) is 22.0. The molecule has 3 aliphatic heterocycles. The van der Waals surface area contributed by atoms with Crippen LogP contribution in [-0.2, 0) is 19.1 Å². The van der Waals surface area contributed by atoms with Crippen LogP contribution < -0.4 is 47.3 Å². The van der Waals surface area contributed by atoms with Crippen molar-refractivity contribution in [2.24, 2.45) is 26.3 Å². The fourth-order valence-electron chi connectivity index (χ4n) is 15.2. The number of hydrogen-bond acceptors (Lipinski definition) is 13. The summed E-state index contributed by atoms with van der Waals surface area (Å²) < 4.78 is 5.81. The van der Waals surface area contributed by atoms with Gasteiger partial charge >= 0.3 is 0 Å². The molecule has 3 saturated heterocycles. The van der Waals surface area contributed by atoms with Crippen LogP contribution in [0.1, 0.15) is 206 Å². The smallest absolute Gasteiger partial charge is 0.267 e. The number of nitrogens with zero attached hydrogens (tertiary/aromatic N) is 6. The maximum absolute atomic E-state index is 14.0. The molecule has 0 aliphatic carbocycles. The number of carbonyl (C=O) groups excluding carboxylic acids is 6. The highest BCUT2D eigenvalue weighted by Crippen LogP contribution is 2.46. The Balaban J connectivity index is 0.000000209. The van der Waals surface area contributed by atoms with E-state index >= 15 is 0 Å². The first-order valence-electron chi connectivity index (χ1n) is 44.4. The first kappa shape index (κ1) is 109. The van der Waals surface area contributed by atoms with E-state index in [0.717, 1.165) is 61.8 Å². The molecule has 34 heteroatoms. The Morgan fingerprint density at radius 1 is 0.403 bits per heavy atom. The van der Waals surface area contributed by atoms with Crippen molar-refractivity contribution in [3.05, 3.63) is 257 Å². The van der Waals surface area contributed by atoms with E-state index in [0.29, 0.717) is 128 Å². The number of amides is 6. The van der Waals surface area contributed by atoms with Gasteiger partial charge in [0.1, 0.15) is 50.3 Å². The van der Waals surface area contributed by atoms with Gasteiger partial charge in [-0.2, -0.15) is 0 Å². The van der Waals surface area contributed by atoms with Crippen LogP contribution in [0.25, 0.3) is 0 Å². The van der Waals surface area contributed by atoms with Crippen molar-refractivity contribution in [1.82, 2.24) is 32.2 Å². The van der Waals surface area contributed by atoms with Crippen LogP contribution in [0, 0.1) is 32.1 Å². The number of hydrogen-bond donors (Lipinski definition) is 6. The Morgan fingerprint density at radius 3 is 1.07 bits per heavy atom. The predicted molar refractivity (Wildman–Crippen MR) is 565 cm³/mol. The number of benzene rings is 9. The molecule has 0 spiro atoms. The third kappa shape index (κ3) is 31.1. The average Bonchev–Trinajstić information content (AvgIpc) is 1.61. The molecule has 4 unspecified atom stereocenters. The quantitative estimate of drug-likeness (QED) is 0.0198. The molecule has 12 rings (SSSR count). The highest BCUT2D eigenvalue weighted by Gasteiger charge is 2.46. The van der Waals surface area contributed by atoms with E-state index in [4.69, 9.17) is 159 Å². The molecular formula is C100H110Cl12N12O7S3. The number of nitrogens with one attached hydrogen (secondary N) is 6. The van der Waals surface area contributed by atoms with Crippen LogP contribution in [0.2, 0.25) is 60.3 Å². The number of halogens is 12. The molecule has 0 aromatic heterocycles. The van der Waals surface area contributed by atoms with Crippen LogP contribution in [0.15, 0.2) is 193 Å². The van der Waals surface area contributed by atoms with Crippen molar-refractivity contribution in [2.45, 2.75) is 215 Å². The van der Waals surface area contributed by atoms with Crippen LogP contribution >= 0.6 is 174 Å². The highest BCUT2D eigenvalue weighted by molar-refractivity contribution is 8.02. The summed E-state index contributed by atoms with van der Waals surface area (Å²) in [6.07, 6.45) is 18.7. The molecule has 714 valence electrons. The molecule has 6 amide bonds. The monoisotopic (exact) mass is 2110 g/mol. The molecule has 6 N–H and O–H groups in total.